The van der Waals surface area contributed by atoms with Crippen LogP contribution in [0.5, 0.6) is 0 Å². The molecule has 0 aliphatic carbocycles. The predicted octanol–water partition coefficient (Wildman–Crippen LogP) is 2.18. The quantitative estimate of drug-likeness (QED) is 0.310. The van der Waals surface area contributed by atoms with Gasteiger partial charge in [-0.2, -0.15) is 0 Å². The minimum absolute atomic E-state index is 0.0758. The number of esters is 1. The first kappa shape index (κ1) is 16.5. The maximum Gasteiger partial charge on any atom is 0.338 e. The SMILES string of the molecule is COCCOCCOC(=O)c1ccc(Br)c([N+](=O)[O-])c1. The third-order valence-electron chi connectivity index (χ3n) is 2.27. The summed E-state index contributed by atoms with van der Waals surface area (Å²) >= 11 is 3.04. The van der Waals surface area contributed by atoms with Crippen LogP contribution < -0.4 is 0 Å². The normalized spacial score (nSPS) is 10.3. The molecular formula is C12H14BrNO6. The summed E-state index contributed by atoms with van der Waals surface area (Å²) in [6, 6.07) is 4.05. The third-order valence-corrected chi connectivity index (χ3v) is 2.94. The number of carbonyl (C=O) groups is 1. The van der Waals surface area contributed by atoms with Gasteiger partial charge in [-0.15, -0.1) is 0 Å². The summed E-state index contributed by atoms with van der Waals surface area (Å²) in [7, 11) is 1.56. The molecule has 1 aromatic carbocycles. The number of benzene rings is 1. The van der Waals surface area contributed by atoms with Gasteiger partial charge in [0.15, 0.2) is 0 Å². The number of halogens is 1. The van der Waals surface area contributed by atoms with Gasteiger partial charge >= 0.3 is 5.97 Å². The summed E-state index contributed by atoms with van der Waals surface area (Å²) in [6.45, 7) is 1.20. The van der Waals surface area contributed by atoms with Crippen molar-refractivity contribution < 1.29 is 23.9 Å². The zero-order valence-electron chi connectivity index (χ0n) is 10.8. The molecule has 0 amide bonds. The van der Waals surface area contributed by atoms with E-state index in [9.17, 15) is 14.9 Å². The highest BCUT2D eigenvalue weighted by atomic mass is 79.9. The van der Waals surface area contributed by atoms with Crippen molar-refractivity contribution in [3.05, 3.63) is 38.3 Å². The first-order chi connectivity index (χ1) is 9.56. The monoisotopic (exact) mass is 347 g/mol. The second-order valence-corrected chi connectivity index (χ2v) is 4.52. The van der Waals surface area contributed by atoms with E-state index in [1.165, 1.54) is 12.1 Å². The van der Waals surface area contributed by atoms with Gasteiger partial charge in [-0.3, -0.25) is 10.1 Å². The first-order valence-corrected chi connectivity index (χ1v) is 6.53. The Morgan fingerprint density at radius 1 is 1.30 bits per heavy atom. The molecule has 1 aromatic rings. The second-order valence-electron chi connectivity index (χ2n) is 3.66. The van der Waals surface area contributed by atoms with Crippen LogP contribution in [-0.2, 0) is 14.2 Å². The Morgan fingerprint density at radius 2 is 2.00 bits per heavy atom. The Kier molecular flexibility index (Phi) is 7.13. The summed E-state index contributed by atoms with van der Waals surface area (Å²) in [6.07, 6.45) is 0. The van der Waals surface area contributed by atoms with E-state index in [4.69, 9.17) is 14.2 Å². The van der Waals surface area contributed by atoms with Crippen LogP contribution in [0.4, 0.5) is 5.69 Å². The summed E-state index contributed by atoms with van der Waals surface area (Å²) < 4.78 is 15.2. The molecule has 0 aliphatic heterocycles. The first-order valence-electron chi connectivity index (χ1n) is 5.74. The number of rotatable bonds is 8. The molecule has 8 heteroatoms. The van der Waals surface area contributed by atoms with Gasteiger partial charge in [0.05, 0.1) is 34.8 Å². The van der Waals surface area contributed by atoms with E-state index >= 15 is 0 Å². The average Bonchev–Trinajstić information content (AvgIpc) is 2.42. The lowest BCUT2D eigenvalue weighted by molar-refractivity contribution is -0.385. The van der Waals surface area contributed by atoms with Gasteiger partial charge in [0, 0.05) is 13.2 Å². The van der Waals surface area contributed by atoms with Crippen molar-refractivity contribution in [2.45, 2.75) is 0 Å². The molecule has 110 valence electrons. The van der Waals surface area contributed by atoms with Crippen LogP contribution in [-0.4, -0.2) is 44.4 Å². The van der Waals surface area contributed by atoms with Crippen LogP contribution in [0, 0.1) is 10.1 Å². The van der Waals surface area contributed by atoms with Crippen molar-refractivity contribution in [3.8, 4) is 0 Å². The zero-order valence-corrected chi connectivity index (χ0v) is 12.4. The molecule has 0 aliphatic rings. The minimum Gasteiger partial charge on any atom is -0.460 e. The largest absolute Gasteiger partial charge is 0.460 e. The smallest absolute Gasteiger partial charge is 0.338 e. The molecule has 0 bridgehead atoms. The van der Waals surface area contributed by atoms with Crippen molar-refractivity contribution in [3.63, 3.8) is 0 Å². The molecule has 7 nitrogen and oxygen atoms in total. The van der Waals surface area contributed by atoms with Crippen LogP contribution >= 0.6 is 15.9 Å². The number of carbonyl (C=O) groups excluding carboxylic acids is 1. The fourth-order valence-corrected chi connectivity index (χ4v) is 1.69. The molecule has 0 fully saturated rings. The Labute approximate surface area is 124 Å². The molecule has 20 heavy (non-hydrogen) atoms. The summed E-state index contributed by atoms with van der Waals surface area (Å²) in [4.78, 5) is 21.9. The molecule has 0 radical (unpaired) electrons. The van der Waals surface area contributed by atoms with Crippen LogP contribution in [0.15, 0.2) is 22.7 Å². The van der Waals surface area contributed by atoms with E-state index in [0.717, 1.165) is 6.07 Å². The molecule has 0 saturated carbocycles. The Morgan fingerprint density at radius 3 is 2.65 bits per heavy atom. The van der Waals surface area contributed by atoms with Gasteiger partial charge in [0.25, 0.3) is 5.69 Å². The van der Waals surface area contributed by atoms with Crippen molar-refractivity contribution in [1.82, 2.24) is 0 Å². The highest BCUT2D eigenvalue weighted by molar-refractivity contribution is 9.10. The Hall–Kier alpha value is -1.51. The van der Waals surface area contributed by atoms with Crippen molar-refractivity contribution in [2.75, 3.05) is 33.5 Å². The van der Waals surface area contributed by atoms with Gasteiger partial charge in [-0.25, -0.2) is 4.79 Å². The van der Waals surface area contributed by atoms with Gasteiger partial charge in [0.1, 0.15) is 6.61 Å². The van der Waals surface area contributed by atoms with Crippen LogP contribution in [0.25, 0.3) is 0 Å². The van der Waals surface area contributed by atoms with Gasteiger partial charge in [-0.1, -0.05) is 0 Å². The number of ether oxygens (including phenoxy) is 3. The lowest BCUT2D eigenvalue weighted by Crippen LogP contribution is -2.12. The van der Waals surface area contributed by atoms with Gasteiger partial charge in [0.2, 0.25) is 0 Å². The Bertz CT molecular complexity index is 479. The lowest BCUT2D eigenvalue weighted by atomic mass is 10.2. The van der Waals surface area contributed by atoms with Gasteiger partial charge in [-0.05, 0) is 28.1 Å². The highest BCUT2D eigenvalue weighted by Gasteiger charge is 2.16. The van der Waals surface area contributed by atoms with Gasteiger partial charge < -0.3 is 14.2 Å². The predicted molar refractivity (Wildman–Crippen MR) is 73.8 cm³/mol. The van der Waals surface area contributed by atoms with Crippen LogP contribution in [0.2, 0.25) is 0 Å². The molecule has 0 atom stereocenters. The highest BCUT2D eigenvalue weighted by Crippen LogP contribution is 2.25. The third kappa shape index (κ3) is 5.24. The van der Waals surface area contributed by atoms with E-state index in [0.29, 0.717) is 17.7 Å². The second kappa shape index (κ2) is 8.62. The number of methoxy groups -OCH3 is 1. The van der Waals surface area contributed by atoms with Crippen molar-refractivity contribution in [1.29, 1.82) is 0 Å². The summed E-state index contributed by atoms with van der Waals surface area (Å²) in [5.74, 6) is -0.629. The molecule has 0 spiro atoms. The van der Waals surface area contributed by atoms with E-state index < -0.39 is 10.9 Å². The topological polar surface area (TPSA) is 87.9 Å². The number of hydrogen-bond acceptors (Lipinski definition) is 6. The maximum atomic E-state index is 11.7. The Balaban J connectivity index is 2.47. The van der Waals surface area contributed by atoms with Crippen molar-refractivity contribution >= 4 is 27.6 Å². The molecular weight excluding hydrogens is 334 g/mol. The molecule has 0 N–H and O–H groups in total. The molecule has 0 unspecified atom stereocenters. The molecule has 0 aromatic heterocycles. The minimum atomic E-state index is -0.629. The van der Waals surface area contributed by atoms with E-state index in [-0.39, 0.29) is 24.5 Å². The summed E-state index contributed by atoms with van der Waals surface area (Å²) in [5.41, 5.74) is -0.0624. The average molecular weight is 348 g/mol. The van der Waals surface area contributed by atoms with E-state index in [2.05, 4.69) is 15.9 Å². The fourth-order valence-electron chi connectivity index (χ4n) is 1.30. The van der Waals surface area contributed by atoms with Crippen molar-refractivity contribution in [2.24, 2.45) is 0 Å². The van der Waals surface area contributed by atoms with Crippen LogP contribution in [0.3, 0.4) is 0 Å². The number of nitro groups is 1. The summed E-state index contributed by atoms with van der Waals surface area (Å²) in [5, 5.41) is 10.7. The van der Waals surface area contributed by atoms with E-state index in [1.54, 1.807) is 7.11 Å². The molecule has 0 saturated heterocycles. The maximum absolute atomic E-state index is 11.7. The van der Waals surface area contributed by atoms with Crippen LogP contribution in [0.1, 0.15) is 10.4 Å². The number of nitrogens with zero attached hydrogens (tertiary/aromatic N) is 1. The number of nitro benzene ring substituents is 1. The molecule has 1 rings (SSSR count). The fraction of sp³-hybridized carbons (Fsp3) is 0.417. The number of hydrogen-bond donors (Lipinski definition) is 0. The standard InChI is InChI=1S/C12H14BrNO6/c1-18-4-5-19-6-7-20-12(15)9-2-3-10(13)11(8-9)14(16)17/h2-3,8H,4-7H2,1H3. The molecule has 0 heterocycles. The lowest BCUT2D eigenvalue weighted by Gasteiger charge is -2.06. The van der Waals surface area contributed by atoms with E-state index in [1.807, 2.05) is 0 Å². The zero-order chi connectivity index (χ0) is 15.0.